The first-order chi connectivity index (χ1) is 21.8. The Bertz CT molecular complexity index is 1630. The van der Waals surface area contributed by atoms with Crippen molar-refractivity contribution in [2.24, 2.45) is 0 Å². The van der Waals surface area contributed by atoms with Crippen LogP contribution in [0.2, 0.25) is 0 Å². The van der Waals surface area contributed by atoms with Gasteiger partial charge in [-0.2, -0.15) is 0 Å². The van der Waals surface area contributed by atoms with Crippen molar-refractivity contribution in [3.05, 3.63) is 108 Å². The van der Waals surface area contributed by atoms with Crippen molar-refractivity contribution in [3.8, 4) is 0 Å². The third-order valence-corrected chi connectivity index (χ3v) is 7.98. The van der Waals surface area contributed by atoms with E-state index in [9.17, 15) is 19.2 Å². The van der Waals surface area contributed by atoms with Crippen molar-refractivity contribution in [3.63, 3.8) is 0 Å². The number of epoxide rings is 1. The Balaban J connectivity index is 1.33. The number of ketones is 1. The van der Waals surface area contributed by atoms with Gasteiger partial charge in [-0.3, -0.25) is 14.4 Å². The molecule has 0 radical (unpaired) electrons. The number of carbonyl (C=O) groups is 4. The number of hydrogen-bond acceptors (Lipinski definition) is 6. The molecule has 4 atom stereocenters. The molecule has 1 aliphatic heterocycles. The summed E-state index contributed by atoms with van der Waals surface area (Å²) >= 11 is 0. The average Bonchev–Trinajstić information content (AvgIpc) is 3.69. The number of H-pyrrole nitrogens is 1. The quantitative estimate of drug-likeness (QED) is 0.159. The minimum absolute atomic E-state index is 0.0514. The maximum Gasteiger partial charge on any atom is 0.408 e. The molecule has 5 rings (SSSR count). The molecule has 0 bridgehead atoms. The summed E-state index contributed by atoms with van der Waals surface area (Å²) in [5.74, 6) is -1.29. The third kappa shape index (κ3) is 8.16. The fourth-order valence-electron chi connectivity index (χ4n) is 5.21. The maximum absolute atomic E-state index is 13.9. The molecule has 2 heterocycles. The Morgan fingerprint density at radius 2 is 1.40 bits per heavy atom. The molecular formula is C35H38N4O6. The molecule has 3 amide bonds. The normalized spacial score (nSPS) is 17.5. The van der Waals surface area contributed by atoms with E-state index in [-0.39, 0.29) is 38.3 Å². The lowest BCUT2D eigenvalue weighted by molar-refractivity contribution is -0.133. The summed E-state index contributed by atoms with van der Waals surface area (Å²) in [5.41, 5.74) is 2.44. The lowest BCUT2D eigenvalue weighted by Gasteiger charge is -2.25. The lowest BCUT2D eigenvalue weighted by Crippen LogP contribution is -2.57. The molecule has 0 aliphatic carbocycles. The number of nitrogens with one attached hydrogen (secondary N) is 4. The van der Waals surface area contributed by atoms with Crippen LogP contribution in [0, 0.1) is 0 Å². The third-order valence-electron chi connectivity index (χ3n) is 7.98. The predicted octanol–water partition coefficient (Wildman–Crippen LogP) is 3.99. The molecule has 45 heavy (non-hydrogen) atoms. The van der Waals surface area contributed by atoms with E-state index in [1.54, 1.807) is 20.0 Å². The second-order valence-electron chi connectivity index (χ2n) is 11.4. The highest BCUT2D eigenvalue weighted by molar-refractivity contribution is 5.98. The zero-order chi connectivity index (χ0) is 31.8. The van der Waals surface area contributed by atoms with Gasteiger partial charge in [0.25, 0.3) is 0 Å². The van der Waals surface area contributed by atoms with Gasteiger partial charge in [0.05, 0.1) is 12.6 Å². The van der Waals surface area contributed by atoms with Gasteiger partial charge in [-0.15, -0.1) is 0 Å². The monoisotopic (exact) mass is 610 g/mol. The summed E-state index contributed by atoms with van der Waals surface area (Å²) in [6.45, 7) is 3.79. The molecule has 10 heteroatoms. The van der Waals surface area contributed by atoms with E-state index in [2.05, 4.69) is 20.9 Å². The van der Waals surface area contributed by atoms with Gasteiger partial charge in [-0.1, -0.05) is 85.8 Å². The van der Waals surface area contributed by atoms with E-state index in [0.717, 1.165) is 27.6 Å². The van der Waals surface area contributed by atoms with Crippen LogP contribution in [0.5, 0.6) is 0 Å². The highest BCUT2D eigenvalue weighted by Gasteiger charge is 2.50. The van der Waals surface area contributed by atoms with Crippen molar-refractivity contribution in [1.82, 2.24) is 20.9 Å². The van der Waals surface area contributed by atoms with Crippen molar-refractivity contribution in [2.45, 2.75) is 63.4 Å². The van der Waals surface area contributed by atoms with E-state index in [1.165, 1.54) is 0 Å². The lowest BCUT2D eigenvalue weighted by atomic mass is 9.94. The van der Waals surface area contributed by atoms with Gasteiger partial charge in [0.2, 0.25) is 11.8 Å². The first-order valence-corrected chi connectivity index (χ1v) is 15.1. The summed E-state index contributed by atoms with van der Waals surface area (Å²) in [5, 5.41) is 9.26. The van der Waals surface area contributed by atoms with Gasteiger partial charge < -0.3 is 30.4 Å². The number of benzene rings is 3. The number of alkyl carbamates (subject to hydrolysis) is 1. The van der Waals surface area contributed by atoms with E-state index >= 15 is 0 Å². The smallest absolute Gasteiger partial charge is 0.408 e. The highest BCUT2D eigenvalue weighted by atomic mass is 16.6. The Labute approximate surface area is 261 Å². The standard InChI is InChI=1S/C35H38N4O6/c1-3-27(39-34(43)44-21-24-14-8-5-9-15-24)32(41)38-30(19-25-20-36-28-17-11-10-16-26(25)28)33(42)37-29(31(40)35(2)22-45-35)18-23-12-6-4-7-13-23/h4-17,20,27,29-30,36H,3,18-19,21-22H2,1-2H3,(H,37,42)(H,38,41)(H,39,43)/t27-,29+,30?,35-/m1/s1. The Hall–Kier alpha value is -4.96. The topological polar surface area (TPSA) is 142 Å². The first-order valence-electron chi connectivity index (χ1n) is 15.1. The fraction of sp³-hybridized carbons (Fsp3) is 0.314. The van der Waals surface area contributed by atoms with Gasteiger partial charge >= 0.3 is 6.09 Å². The highest BCUT2D eigenvalue weighted by Crippen LogP contribution is 2.29. The number of ether oxygens (including phenoxy) is 2. The average molecular weight is 611 g/mol. The SMILES string of the molecule is CC[C@@H](NC(=O)OCc1ccccc1)C(=O)NC(Cc1c[nH]c2ccccc12)C(=O)N[C@@H](Cc1ccccc1)C(=O)[C@@]1(C)CO1. The number of aromatic nitrogens is 1. The largest absolute Gasteiger partial charge is 0.445 e. The molecule has 0 spiro atoms. The molecule has 1 aromatic heterocycles. The number of aromatic amines is 1. The molecule has 10 nitrogen and oxygen atoms in total. The van der Waals surface area contributed by atoms with Crippen LogP contribution in [0.25, 0.3) is 10.9 Å². The molecule has 3 aromatic carbocycles. The van der Waals surface area contributed by atoms with Gasteiger partial charge in [-0.05, 0) is 42.5 Å². The summed E-state index contributed by atoms with van der Waals surface area (Å²) in [4.78, 5) is 56.7. The zero-order valence-corrected chi connectivity index (χ0v) is 25.4. The number of rotatable bonds is 14. The van der Waals surface area contributed by atoms with Gasteiger partial charge in [0.1, 0.15) is 24.3 Å². The van der Waals surface area contributed by atoms with Crippen molar-refractivity contribution >= 4 is 34.6 Å². The van der Waals surface area contributed by atoms with Gasteiger partial charge in [0, 0.05) is 23.5 Å². The molecular weight excluding hydrogens is 572 g/mol. The molecule has 1 saturated heterocycles. The van der Waals surface area contributed by atoms with Gasteiger partial charge in [-0.25, -0.2) is 4.79 Å². The van der Waals surface area contributed by atoms with Crippen LogP contribution in [0.15, 0.2) is 91.1 Å². The molecule has 0 saturated carbocycles. The minimum atomic E-state index is -1.05. The number of carbonyl (C=O) groups excluding carboxylic acids is 4. The van der Waals surface area contributed by atoms with Crippen molar-refractivity contribution in [1.29, 1.82) is 0 Å². The second kappa shape index (κ2) is 14.2. The van der Waals surface area contributed by atoms with E-state index in [0.29, 0.717) is 0 Å². The Kier molecular flexibility index (Phi) is 9.94. The molecule has 1 fully saturated rings. The zero-order valence-electron chi connectivity index (χ0n) is 25.4. The first kappa shape index (κ1) is 31.5. The second-order valence-corrected chi connectivity index (χ2v) is 11.4. The summed E-state index contributed by atoms with van der Waals surface area (Å²) in [6, 6.07) is 23.4. The van der Waals surface area contributed by atoms with E-state index in [1.807, 2.05) is 84.9 Å². The van der Waals surface area contributed by atoms with Crippen molar-refractivity contribution in [2.75, 3.05) is 6.61 Å². The minimum Gasteiger partial charge on any atom is -0.445 e. The summed E-state index contributed by atoms with van der Waals surface area (Å²) < 4.78 is 10.7. The molecule has 1 unspecified atom stereocenters. The molecule has 1 aliphatic rings. The van der Waals surface area contributed by atoms with Crippen LogP contribution in [0.3, 0.4) is 0 Å². The maximum atomic E-state index is 13.9. The molecule has 4 N–H and O–H groups in total. The van der Waals surface area contributed by atoms with Crippen LogP contribution >= 0.6 is 0 Å². The summed E-state index contributed by atoms with van der Waals surface area (Å²) in [7, 11) is 0. The van der Waals surface area contributed by atoms with Gasteiger partial charge in [0.15, 0.2) is 5.78 Å². The number of amides is 3. The summed E-state index contributed by atoms with van der Waals surface area (Å²) in [6.07, 6.45) is 1.74. The van der Waals surface area contributed by atoms with E-state index in [4.69, 9.17) is 9.47 Å². The number of fused-ring (bicyclic) bond motifs is 1. The van der Waals surface area contributed by atoms with Crippen molar-refractivity contribution < 1.29 is 28.7 Å². The van der Waals surface area contributed by atoms with Crippen LogP contribution in [-0.4, -0.2) is 59.0 Å². The Morgan fingerprint density at radius 3 is 2.07 bits per heavy atom. The van der Waals surface area contributed by atoms with Crippen LogP contribution in [-0.2, 0) is 43.3 Å². The Morgan fingerprint density at radius 1 is 0.800 bits per heavy atom. The molecule has 4 aromatic rings. The van der Waals surface area contributed by atoms with Crippen LogP contribution in [0.4, 0.5) is 4.79 Å². The predicted molar refractivity (Wildman–Crippen MR) is 169 cm³/mol. The number of para-hydroxylation sites is 1. The van der Waals surface area contributed by atoms with Crippen LogP contribution < -0.4 is 16.0 Å². The molecule has 234 valence electrons. The van der Waals surface area contributed by atoms with Crippen LogP contribution in [0.1, 0.15) is 37.0 Å². The fourth-order valence-corrected chi connectivity index (χ4v) is 5.21. The number of hydrogen-bond donors (Lipinski definition) is 4. The van der Waals surface area contributed by atoms with E-state index < -0.39 is 41.6 Å². The number of Topliss-reactive ketones (excluding diaryl/α,β-unsaturated/α-hetero) is 1.